The molecule has 4 nitrogen and oxygen atoms in total. The summed E-state index contributed by atoms with van der Waals surface area (Å²) in [7, 11) is 1.46. The number of carbonyl (C=O) groups is 1. The molecule has 1 atom stereocenters. The van der Waals surface area contributed by atoms with Gasteiger partial charge >= 0.3 is 5.97 Å². The molecule has 1 saturated heterocycles. The van der Waals surface area contributed by atoms with Gasteiger partial charge in [0.05, 0.1) is 7.11 Å². The quantitative estimate of drug-likeness (QED) is 0.734. The molecule has 1 fully saturated rings. The molecule has 0 spiro atoms. The maximum absolute atomic E-state index is 11.8. The second kappa shape index (κ2) is 7.10. The van der Waals surface area contributed by atoms with Crippen molar-refractivity contribution in [3.8, 4) is 0 Å². The lowest BCUT2D eigenvalue weighted by Gasteiger charge is -2.34. The van der Waals surface area contributed by atoms with E-state index in [1.165, 1.54) is 20.0 Å². The van der Waals surface area contributed by atoms with Gasteiger partial charge in [0.1, 0.15) is 5.54 Å². The molecule has 0 radical (unpaired) electrons. The molecule has 106 valence electrons. The van der Waals surface area contributed by atoms with E-state index in [2.05, 4.69) is 17.1 Å². The minimum atomic E-state index is -0.549. The predicted molar refractivity (Wildman–Crippen MR) is 73.6 cm³/mol. The van der Waals surface area contributed by atoms with Crippen molar-refractivity contribution in [3.63, 3.8) is 0 Å². The summed E-state index contributed by atoms with van der Waals surface area (Å²) < 4.78 is 4.90. The second-order valence-electron chi connectivity index (χ2n) is 5.63. The highest BCUT2D eigenvalue weighted by molar-refractivity contribution is 5.80. The Morgan fingerprint density at radius 1 is 1.44 bits per heavy atom. The summed E-state index contributed by atoms with van der Waals surface area (Å²) in [6.07, 6.45) is 3.36. The summed E-state index contributed by atoms with van der Waals surface area (Å²) in [6, 6.07) is 0. The molecule has 0 bridgehead atoms. The van der Waals surface area contributed by atoms with Gasteiger partial charge in [0.2, 0.25) is 0 Å². The van der Waals surface area contributed by atoms with E-state index in [9.17, 15) is 4.79 Å². The molecule has 0 aromatic carbocycles. The highest BCUT2D eigenvalue weighted by Gasteiger charge is 2.33. The number of likely N-dealkylation sites (tertiary alicyclic amines) is 1. The monoisotopic (exact) mass is 256 g/mol. The lowest BCUT2D eigenvalue weighted by Crippen LogP contribution is -2.52. The molecular formula is C14H28N2O2. The number of rotatable bonds is 6. The van der Waals surface area contributed by atoms with Gasteiger partial charge in [-0.2, -0.15) is 0 Å². The van der Waals surface area contributed by atoms with Crippen molar-refractivity contribution in [3.05, 3.63) is 0 Å². The molecule has 0 aliphatic carbocycles. The first kappa shape index (κ1) is 15.4. The van der Waals surface area contributed by atoms with Gasteiger partial charge in [-0.1, -0.05) is 13.8 Å². The van der Waals surface area contributed by atoms with E-state index in [0.717, 1.165) is 38.5 Å². The van der Waals surface area contributed by atoms with Gasteiger partial charge in [-0.3, -0.25) is 4.79 Å². The highest BCUT2D eigenvalue weighted by atomic mass is 16.5. The van der Waals surface area contributed by atoms with Crippen LogP contribution >= 0.6 is 0 Å². The zero-order valence-electron chi connectivity index (χ0n) is 12.3. The topological polar surface area (TPSA) is 41.6 Å². The molecule has 1 unspecified atom stereocenters. The zero-order chi connectivity index (χ0) is 13.6. The number of piperidine rings is 1. The maximum atomic E-state index is 11.8. The SMILES string of the molecule is CCNC(C)(CCN1CCC(C)CC1)C(=O)OC. The molecule has 1 heterocycles. The first-order chi connectivity index (χ1) is 8.51. The van der Waals surface area contributed by atoms with Gasteiger partial charge < -0.3 is 15.0 Å². The van der Waals surface area contributed by atoms with Crippen LogP contribution in [0.3, 0.4) is 0 Å². The van der Waals surface area contributed by atoms with Crippen LogP contribution < -0.4 is 5.32 Å². The van der Waals surface area contributed by atoms with Gasteiger partial charge in [-0.15, -0.1) is 0 Å². The van der Waals surface area contributed by atoms with Gasteiger partial charge in [0.15, 0.2) is 0 Å². The molecule has 18 heavy (non-hydrogen) atoms. The number of esters is 1. The van der Waals surface area contributed by atoms with Crippen molar-refractivity contribution in [2.45, 2.75) is 45.6 Å². The Labute approximate surface area is 111 Å². The molecule has 4 heteroatoms. The number of hydrogen-bond donors (Lipinski definition) is 1. The molecule has 1 rings (SSSR count). The summed E-state index contributed by atoms with van der Waals surface area (Å²) in [6.45, 7) is 10.3. The third-order valence-corrected chi connectivity index (χ3v) is 4.01. The van der Waals surface area contributed by atoms with Gasteiger partial charge in [-0.05, 0) is 51.7 Å². The molecular weight excluding hydrogens is 228 g/mol. The average Bonchev–Trinajstić information content (AvgIpc) is 2.37. The largest absolute Gasteiger partial charge is 0.468 e. The normalized spacial score (nSPS) is 21.6. The lowest BCUT2D eigenvalue weighted by molar-refractivity contribution is -0.148. The Hall–Kier alpha value is -0.610. The van der Waals surface area contributed by atoms with Crippen LogP contribution in [0.5, 0.6) is 0 Å². The van der Waals surface area contributed by atoms with E-state index in [1.54, 1.807) is 0 Å². The van der Waals surface area contributed by atoms with Gasteiger partial charge in [0.25, 0.3) is 0 Å². The molecule has 1 N–H and O–H groups in total. The number of carbonyl (C=O) groups excluding carboxylic acids is 1. The van der Waals surface area contributed by atoms with Crippen LogP contribution in [0.2, 0.25) is 0 Å². The number of methoxy groups -OCH3 is 1. The fraction of sp³-hybridized carbons (Fsp3) is 0.929. The molecule has 0 aromatic rings. The zero-order valence-corrected chi connectivity index (χ0v) is 12.3. The van der Waals surface area contributed by atoms with Crippen molar-refractivity contribution in [2.75, 3.05) is 33.3 Å². The van der Waals surface area contributed by atoms with Crippen LogP contribution in [0, 0.1) is 5.92 Å². The number of nitrogens with zero attached hydrogens (tertiary/aromatic N) is 1. The lowest BCUT2D eigenvalue weighted by atomic mass is 9.95. The Bertz CT molecular complexity index is 263. The average molecular weight is 256 g/mol. The smallest absolute Gasteiger partial charge is 0.325 e. The van der Waals surface area contributed by atoms with Crippen molar-refractivity contribution in [1.29, 1.82) is 0 Å². The first-order valence-electron chi connectivity index (χ1n) is 7.07. The minimum absolute atomic E-state index is 0.158. The number of ether oxygens (including phenoxy) is 1. The van der Waals surface area contributed by atoms with E-state index >= 15 is 0 Å². The Balaban J connectivity index is 2.44. The summed E-state index contributed by atoms with van der Waals surface area (Å²) in [4.78, 5) is 14.3. The minimum Gasteiger partial charge on any atom is -0.468 e. The molecule has 0 amide bonds. The Kier molecular flexibility index (Phi) is 6.09. The number of nitrogens with one attached hydrogen (secondary N) is 1. The van der Waals surface area contributed by atoms with E-state index in [4.69, 9.17) is 4.74 Å². The Morgan fingerprint density at radius 2 is 2.06 bits per heavy atom. The maximum Gasteiger partial charge on any atom is 0.325 e. The van der Waals surface area contributed by atoms with Crippen LogP contribution in [0.1, 0.15) is 40.0 Å². The second-order valence-corrected chi connectivity index (χ2v) is 5.63. The number of likely N-dealkylation sites (N-methyl/N-ethyl adjacent to an activating group) is 1. The summed E-state index contributed by atoms with van der Waals surface area (Å²) >= 11 is 0. The molecule has 1 aliphatic rings. The van der Waals surface area contributed by atoms with Crippen LogP contribution in [0.15, 0.2) is 0 Å². The fourth-order valence-corrected chi connectivity index (χ4v) is 2.55. The van der Waals surface area contributed by atoms with E-state index in [1.807, 2.05) is 13.8 Å². The summed E-state index contributed by atoms with van der Waals surface area (Å²) in [5, 5.41) is 3.26. The van der Waals surface area contributed by atoms with E-state index in [-0.39, 0.29) is 5.97 Å². The Morgan fingerprint density at radius 3 is 2.56 bits per heavy atom. The van der Waals surface area contributed by atoms with Crippen molar-refractivity contribution >= 4 is 5.97 Å². The number of hydrogen-bond acceptors (Lipinski definition) is 4. The van der Waals surface area contributed by atoms with Crippen LogP contribution in [-0.4, -0.2) is 49.7 Å². The standard InChI is InChI=1S/C14H28N2O2/c1-5-15-14(3,13(17)18-4)8-11-16-9-6-12(2)7-10-16/h12,15H,5-11H2,1-4H3. The van der Waals surface area contributed by atoms with E-state index < -0.39 is 5.54 Å². The third-order valence-electron chi connectivity index (χ3n) is 4.01. The van der Waals surface area contributed by atoms with Crippen molar-refractivity contribution in [1.82, 2.24) is 10.2 Å². The van der Waals surface area contributed by atoms with Crippen molar-refractivity contribution < 1.29 is 9.53 Å². The molecule has 0 saturated carbocycles. The van der Waals surface area contributed by atoms with Crippen molar-refractivity contribution in [2.24, 2.45) is 5.92 Å². The summed E-state index contributed by atoms with van der Waals surface area (Å²) in [5.41, 5.74) is -0.549. The van der Waals surface area contributed by atoms with Crippen LogP contribution in [0.25, 0.3) is 0 Å². The fourth-order valence-electron chi connectivity index (χ4n) is 2.55. The predicted octanol–water partition coefficient (Wildman–Crippen LogP) is 1.65. The van der Waals surface area contributed by atoms with Crippen LogP contribution in [0.4, 0.5) is 0 Å². The summed E-state index contributed by atoms with van der Waals surface area (Å²) in [5.74, 6) is 0.691. The van der Waals surface area contributed by atoms with Gasteiger partial charge in [0, 0.05) is 6.54 Å². The van der Waals surface area contributed by atoms with Crippen LogP contribution in [-0.2, 0) is 9.53 Å². The molecule has 1 aliphatic heterocycles. The molecule has 0 aromatic heterocycles. The van der Waals surface area contributed by atoms with Gasteiger partial charge in [-0.25, -0.2) is 0 Å². The third kappa shape index (κ3) is 4.25. The first-order valence-corrected chi connectivity index (χ1v) is 7.07. The highest BCUT2D eigenvalue weighted by Crippen LogP contribution is 2.18. The van der Waals surface area contributed by atoms with E-state index in [0.29, 0.717) is 0 Å².